The second kappa shape index (κ2) is 2.89. The number of para-hydroxylation sites is 1. The Morgan fingerprint density at radius 1 is 1.43 bits per heavy atom. The summed E-state index contributed by atoms with van der Waals surface area (Å²) in [6, 6.07) is 5.27. The summed E-state index contributed by atoms with van der Waals surface area (Å²) >= 11 is 0. The summed E-state index contributed by atoms with van der Waals surface area (Å²) in [5.41, 5.74) is 0.0722. The van der Waals surface area contributed by atoms with Crippen molar-refractivity contribution in [3.8, 4) is 11.5 Å². The van der Waals surface area contributed by atoms with Crippen LogP contribution in [0.2, 0.25) is 0 Å². The van der Waals surface area contributed by atoms with E-state index in [9.17, 15) is 10.2 Å². The summed E-state index contributed by atoms with van der Waals surface area (Å²) in [5.74, 6) is 0.661. The van der Waals surface area contributed by atoms with Crippen molar-refractivity contribution < 1.29 is 14.9 Å². The highest BCUT2D eigenvalue weighted by molar-refractivity contribution is 5.48. The van der Waals surface area contributed by atoms with Crippen LogP contribution in [0.15, 0.2) is 18.2 Å². The fraction of sp³-hybridized carbons (Fsp3) is 0.455. The van der Waals surface area contributed by atoms with Gasteiger partial charge in [-0.05, 0) is 19.9 Å². The number of hydrogen-bond donors (Lipinski definition) is 2. The molecule has 0 saturated heterocycles. The van der Waals surface area contributed by atoms with Gasteiger partial charge >= 0.3 is 0 Å². The van der Waals surface area contributed by atoms with Crippen molar-refractivity contribution in [2.24, 2.45) is 0 Å². The summed E-state index contributed by atoms with van der Waals surface area (Å²) in [7, 11) is 0. The number of hydrogen-bond acceptors (Lipinski definition) is 3. The van der Waals surface area contributed by atoms with Crippen molar-refractivity contribution in [3.05, 3.63) is 23.8 Å². The summed E-state index contributed by atoms with van der Waals surface area (Å²) in [5, 5.41) is 19.3. The molecule has 1 heterocycles. The minimum atomic E-state index is -0.883. The second-order valence-corrected chi connectivity index (χ2v) is 4.23. The molecular weight excluding hydrogens is 180 g/mol. The Labute approximate surface area is 83.0 Å². The summed E-state index contributed by atoms with van der Waals surface area (Å²) in [4.78, 5) is 0. The van der Waals surface area contributed by atoms with Crippen molar-refractivity contribution in [1.82, 2.24) is 0 Å². The van der Waals surface area contributed by atoms with Gasteiger partial charge in [-0.25, -0.2) is 0 Å². The van der Waals surface area contributed by atoms with E-state index < -0.39 is 5.60 Å². The fourth-order valence-electron chi connectivity index (χ4n) is 1.65. The number of aromatic hydroxyl groups is 1. The monoisotopic (exact) mass is 194 g/mol. The molecule has 0 aliphatic carbocycles. The maximum Gasteiger partial charge on any atom is 0.164 e. The van der Waals surface area contributed by atoms with E-state index in [-0.39, 0.29) is 11.9 Å². The van der Waals surface area contributed by atoms with Gasteiger partial charge in [0.2, 0.25) is 0 Å². The molecule has 1 aliphatic heterocycles. The highest BCUT2D eigenvalue weighted by Crippen LogP contribution is 2.39. The van der Waals surface area contributed by atoms with Crippen molar-refractivity contribution in [3.63, 3.8) is 0 Å². The van der Waals surface area contributed by atoms with E-state index in [1.54, 1.807) is 26.0 Å². The lowest BCUT2D eigenvalue weighted by Crippen LogP contribution is -2.39. The second-order valence-electron chi connectivity index (χ2n) is 4.23. The average molecular weight is 194 g/mol. The Morgan fingerprint density at radius 2 is 2.14 bits per heavy atom. The zero-order valence-corrected chi connectivity index (χ0v) is 8.32. The number of aliphatic hydroxyl groups is 1. The maximum atomic E-state index is 9.77. The van der Waals surface area contributed by atoms with E-state index in [1.807, 2.05) is 6.07 Å². The van der Waals surface area contributed by atoms with Crippen LogP contribution in [0.25, 0.3) is 0 Å². The first-order valence-electron chi connectivity index (χ1n) is 4.68. The molecular formula is C11H14O3. The van der Waals surface area contributed by atoms with Crippen LogP contribution in [0, 0.1) is 0 Å². The van der Waals surface area contributed by atoms with Gasteiger partial charge in [0.05, 0.1) is 5.60 Å². The number of ether oxygens (including phenoxy) is 1. The molecule has 2 rings (SSSR count). The Bertz CT molecular complexity index is 352. The largest absolute Gasteiger partial charge is 0.504 e. The molecule has 0 aromatic heterocycles. The summed E-state index contributed by atoms with van der Waals surface area (Å²) < 4.78 is 5.50. The SMILES string of the molecule is CC(C)(O)C1Cc2cccc(O)c2O1. The topological polar surface area (TPSA) is 49.7 Å². The molecule has 76 valence electrons. The van der Waals surface area contributed by atoms with E-state index >= 15 is 0 Å². The molecule has 0 fully saturated rings. The van der Waals surface area contributed by atoms with Crippen molar-refractivity contribution in [2.45, 2.75) is 32.0 Å². The molecule has 14 heavy (non-hydrogen) atoms. The molecule has 3 nitrogen and oxygen atoms in total. The van der Waals surface area contributed by atoms with Gasteiger partial charge < -0.3 is 14.9 Å². The third kappa shape index (κ3) is 1.44. The summed E-state index contributed by atoms with van der Waals surface area (Å²) in [6.07, 6.45) is 0.374. The molecule has 1 aromatic rings. The standard InChI is InChI=1S/C11H14O3/c1-11(2,13)9-6-7-4-3-5-8(12)10(7)14-9/h3-5,9,12-13H,6H2,1-2H3. The minimum Gasteiger partial charge on any atom is -0.504 e. The van der Waals surface area contributed by atoms with Crippen molar-refractivity contribution >= 4 is 0 Å². The van der Waals surface area contributed by atoms with Gasteiger partial charge in [-0.1, -0.05) is 12.1 Å². The van der Waals surface area contributed by atoms with Crippen LogP contribution < -0.4 is 4.74 Å². The van der Waals surface area contributed by atoms with E-state index in [0.717, 1.165) is 5.56 Å². The van der Waals surface area contributed by atoms with Gasteiger partial charge in [0.15, 0.2) is 11.5 Å². The van der Waals surface area contributed by atoms with Crippen molar-refractivity contribution in [2.75, 3.05) is 0 Å². The Morgan fingerprint density at radius 3 is 2.71 bits per heavy atom. The van der Waals surface area contributed by atoms with E-state index in [1.165, 1.54) is 0 Å². The molecule has 2 N–H and O–H groups in total. The van der Waals surface area contributed by atoms with Gasteiger partial charge in [0.25, 0.3) is 0 Å². The molecule has 1 unspecified atom stereocenters. The molecule has 3 heteroatoms. The van der Waals surface area contributed by atoms with Crippen LogP contribution in [-0.2, 0) is 6.42 Å². The number of rotatable bonds is 1. The molecule has 0 saturated carbocycles. The molecule has 0 amide bonds. The first kappa shape index (κ1) is 9.34. The molecule has 0 bridgehead atoms. The van der Waals surface area contributed by atoms with E-state index in [2.05, 4.69) is 0 Å². The van der Waals surface area contributed by atoms with Crippen LogP contribution in [0.3, 0.4) is 0 Å². The van der Waals surface area contributed by atoms with Crippen LogP contribution in [-0.4, -0.2) is 21.9 Å². The lowest BCUT2D eigenvalue weighted by atomic mass is 9.97. The smallest absolute Gasteiger partial charge is 0.164 e. The Balaban J connectivity index is 2.31. The zero-order valence-electron chi connectivity index (χ0n) is 8.32. The molecule has 1 aromatic carbocycles. The molecule has 0 radical (unpaired) electrons. The number of benzene rings is 1. The molecule has 0 spiro atoms. The first-order valence-corrected chi connectivity index (χ1v) is 4.68. The van der Waals surface area contributed by atoms with Crippen LogP contribution in [0.5, 0.6) is 11.5 Å². The predicted molar refractivity (Wildman–Crippen MR) is 52.5 cm³/mol. The highest BCUT2D eigenvalue weighted by atomic mass is 16.5. The van der Waals surface area contributed by atoms with Gasteiger partial charge in [-0.2, -0.15) is 0 Å². The zero-order chi connectivity index (χ0) is 10.3. The van der Waals surface area contributed by atoms with Crippen LogP contribution >= 0.6 is 0 Å². The highest BCUT2D eigenvalue weighted by Gasteiger charge is 2.35. The quantitative estimate of drug-likeness (QED) is 0.711. The van der Waals surface area contributed by atoms with Crippen molar-refractivity contribution in [1.29, 1.82) is 0 Å². The molecule has 1 atom stereocenters. The van der Waals surface area contributed by atoms with Crippen LogP contribution in [0.1, 0.15) is 19.4 Å². The third-order valence-corrected chi connectivity index (χ3v) is 2.53. The summed E-state index contributed by atoms with van der Waals surface area (Å²) in [6.45, 7) is 3.42. The predicted octanol–water partition coefficient (Wildman–Crippen LogP) is 1.47. The van der Waals surface area contributed by atoms with Crippen LogP contribution in [0.4, 0.5) is 0 Å². The fourth-order valence-corrected chi connectivity index (χ4v) is 1.65. The lowest BCUT2D eigenvalue weighted by molar-refractivity contribution is -0.0235. The maximum absolute atomic E-state index is 9.77. The van der Waals surface area contributed by atoms with Gasteiger partial charge in [0, 0.05) is 12.0 Å². The van der Waals surface area contributed by atoms with E-state index in [4.69, 9.17) is 4.74 Å². The van der Waals surface area contributed by atoms with E-state index in [0.29, 0.717) is 12.2 Å². The molecule has 1 aliphatic rings. The minimum absolute atomic E-state index is 0.147. The average Bonchev–Trinajstić information content (AvgIpc) is 2.48. The third-order valence-electron chi connectivity index (χ3n) is 2.53. The Hall–Kier alpha value is -1.22. The van der Waals surface area contributed by atoms with Gasteiger partial charge in [-0.3, -0.25) is 0 Å². The number of phenols is 1. The number of phenolic OH excluding ortho intramolecular Hbond substituents is 1. The number of fused-ring (bicyclic) bond motifs is 1. The normalized spacial score (nSPS) is 20.4. The van der Waals surface area contributed by atoms with Gasteiger partial charge in [0.1, 0.15) is 6.10 Å². The lowest BCUT2D eigenvalue weighted by Gasteiger charge is -2.24. The first-order chi connectivity index (χ1) is 6.48. The van der Waals surface area contributed by atoms with Gasteiger partial charge in [-0.15, -0.1) is 0 Å². The Kier molecular flexibility index (Phi) is 1.93.